The van der Waals surface area contributed by atoms with Crippen molar-refractivity contribution >= 4 is 5.78 Å². The SMILES string of the molecule is COCOc1cnc(OCc2ccccc2)cc1C(=O)/C=C/N(C)C. The number of carbonyl (C=O) groups is 1. The Balaban J connectivity index is 2.18. The van der Waals surface area contributed by atoms with E-state index in [1.165, 1.54) is 19.4 Å². The van der Waals surface area contributed by atoms with Crippen LogP contribution in [0.25, 0.3) is 0 Å². The summed E-state index contributed by atoms with van der Waals surface area (Å²) in [5, 5.41) is 0. The fourth-order valence-corrected chi connectivity index (χ4v) is 1.97. The minimum atomic E-state index is -0.202. The summed E-state index contributed by atoms with van der Waals surface area (Å²) >= 11 is 0. The largest absolute Gasteiger partial charge is 0.473 e. The summed E-state index contributed by atoms with van der Waals surface area (Å²) in [6, 6.07) is 11.3. The Labute approximate surface area is 147 Å². The highest BCUT2D eigenvalue weighted by Crippen LogP contribution is 2.23. The maximum absolute atomic E-state index is 12.4. The average Bonchev–Trinajstić information content (AvgIpc) is 2.63. The second-order valence-electron chi connectivity index (χ2n) is 5.49. The molecule has 132 valence electrons. The highest BCUT2D eigenvalue weighted by molar-refractivity contribution is 6.06. The van der Waals surface area contributed by atoms with Gasteiger partial charge >= 0.3 is 0 Å². The van der Waals surface area contributed by atoms with Gasteiger partial charge in [-0.3, -0.25) is 4.79 Å². The van der Waals surface area contributed by atoms with Gasteiger partial charge in [-0.05, 0) is 5.56 Å². The number of aromatic nitrogens is 1. The van der Waals surface area contributed by atoms with Crippen molar-refractivity contribution in [1.29, 1.82) is 0 Å². The number of carbonyl (C=O) groups excluding carboxylic acids is 1. The molecule has 2 rings (SSSR count). The first-order valence-electron chi connectivity index (χ1n) is 7.77. The van der Waals surface area contributed by atoms with Crippen molar-refractivity contribution in [3.63, 3.8) is 0 Å². The maximum atomic E-state index is 12.4. The molecule has 0 aliphatic carbocycles. The zero-order valence-electron chi connectivity index (χ0n) is 14.6. The fraction of sp³-hybridized carbons (Fsp3) is 0.263. The lowest BCUT2D eigenvalue weighted by Crippen LogP contribution is -2.08. The van der Waals surface area contributed by atoms with Crippen molar-refractivity contribution in [3.8, 4) is 11.6 Å². The Hall–Kier alpha value is -2.86. The molecule has 0 fully saturated rings. The minimum absolute atomic E-state index is 0.0313. The molecular weight excluding hydrogens is 320 g/mol. The lowest BCUT2D eigenvalue weighted by molar-refractivity contribution is 0.0500. The monoisotopic (exact) mass is 342 g/mol. The smallest absolute Gasteiger partial charge is 0.214 e. The molecule has 25 heavy (non-hydrogen) atoms. The van der Waals surface area contributed by atoms with Crippen LogP contribution in [0.15, 0.2) is 54.9 Å². The topological polar surface area (TPSA) is 60.9 Å². The van der Waals surface area contributed by atoms with E-state index in [0.29, 0.717) is 23.8 Å². The van der Waals surface area contributed by atoms with Gasteiger partial charge in [0.25, 0.3) is 0 Å². The van der Waals surface area contributed by atoms with E-state index < -0.39 is 0 Å². The molecule has 0 saturated carbocycles. The number of allylic oxidation sites excluding steroid dienone is 1. The van der Waals surface area contributed by atoms with Crippen LogP contribution in [0.5, 0.6) is 11.6 Å². The lowest BCUT2D eigenvalue weighted by atomic mass is 10.1. The van der Waals surface area contributed by atoms with Crippen molar-refractivity contribution in [3.05, 3.63) is 66.0 Å². The first-order chi connectivity index (χ1) is 12.1. The van der Waals surface area contributed by atoms with Gasteiger partial charge in [0.15, 0.2) is 18.3 Å². The minimum Gasteiger partial charge on any atom is -0.473 e. The molecule has 0 radical (unpaired) electrons. The molecule has 6 heteroatoms. The molecule has 6 nitrogen and oxygen atoms in total. The van der Waals surface area contributed by atoms with E-state index in [2.05, 4.69) is 4.98 Å². The third-order valence-electron chi connectivity index (χ3n) is 3.19. The van der Waals surface area contributed by atoms with Gasteiger partial charge in [0.1, 0.15) is 6.61 Å². The van der Waals surface area contributed by atoms with Gasteiger partial charge < -0.3 is 19.1 Å². The number of hydrogen-bond acceptors (Lipinski definition) is 6. The van der Waals surface area contributed by atoms with Crippen molar-refractivity contribution in [1.82, 2.24) is 9.88 Å². The van der Waals surface area contributed by atoms with Gasteiger partial charge in [-0.1, -0.05) is 30.3 Å². The second kappa shape index (κ2) is 9.44. The summed E-state index contributed by atoms with van der Waals surface area (Å²) in [5.74, 6) is 0.504. The zero-order chi connectivity index (χ0) is 18.1. The van der Waals surface area contributed by atoms with Gasteiger partial charge in [0.2, 0.25) is 5.88 Å². The van der Waals surface area contributed by atoms with Gasteiger partial charge in [-0.15, -0.1) is 0 Å². The first-order valence-corrected chi connectivity index (χ1v) is 7.77. The number of pyridine rings is 1. The van der Waals surface area contributed by atoms with Crippen molar-refractivity contribution in [2.75, 3.05) is 28.0 Å². The summed E-state index contributed by atoms with van der Waals surface area (Å²) in [5.41, 5.74) is 1.39. The van der Waals surface area contributed by atoms with Crippen LogP contribution in [0.3, 0.4) is 0 Å². The van der Waals surface area contributed by atoms with Gasteiger partial charge in [-0.2, -0.15) is 0 Å². The van der Waals surface area contributed by atoms with E-state index in [1.54, 1.807) is 17.2 Å². The lowest BCUT2D eigenvalue weighted by Gasteiger charge is -2.11. The van der Waals surface area contributed by atoms with Crippen LogP contribution in [-0.2, 0) is 11.3 Å². The van der Waals surface area contributed by atoms with Crippen molar-refractivity contribution < 1.29 is 19.0 Å². The molecular formula is C19H22N2O4. The number of benzene rings is 1. The standard InChI is InChI=1S/C19H22N2O4/c1-21(2)10-9-17(22)16-11-19(20-12-18(16)25-14-23-3)24-13-15-7-5-4-6-8-15/h4-12H,13-14H2,1-3H3/b10-9+. The van der Waals surface area contributed by atoms with E-state index in [9.17, 15) is 4.79 Å². The summed E-state index contributed by atoms with van der Waals surface area (Å²) in [4.78, 5) is 18.4. The molecule has 0 amide bonds. The predicted molar refractivity (Wildman–Crippen MR) is 94.7 cm³/mol. The molecule has 2 aromatic rings. The molecule has 0 aliphatic rings. The summed E-state index contributed by atoms with van der Waals surface area (Å²) in [6.07, 6.45) is 4.61. The van der Waals surface area contributed by atoms with Crippen LogP contribution in [0.1, 0.15) is 15.9 Å². The van der Waals surface area contributed by atoms with Crippen LogP contribution < -0.4 is 9.47 Å². The third kappa shape index (κ3) is 5.93. The molecule has 0 aliphatic heterocycles. The Morgan fingerprint density at radius 2 is 1.96 bits per heavy atom. The number of methoxy groups -OCH3 is 1. The molecule has 1 aromatic heterocycles. The normalized spacial score (nSPS) is 10.7. The van der Waals surface area contributed by atoms with E-state index in [-0.39, 0.29) is 12.6 Å². The fourth-order valence-electron chi connectivity index (χ4n) is 1.97. The van der Waals surface area contributed by atoms with E-state index in [4.69, 9.17) is 14.2 Å². The maximum Gasteiger partial charge on any atom is 0.214 e. The number of ketones is 1. The molecule has 0 atom stereocenters. The molecule has 0 bridgehead atoms. The summed E-state index contributed by atoms with van der Waals surface area (Å²) in [7, 11) is 5.19. The zero-order valence-corrected chi connectivity index (χ0v) is 14.6. The molecule has 1 aromatic carbocycles. The van der Waals surface area contributed by atoms with Crippen LogP contribution >= 0.6 is 0 Å². The number of hydrogen-bond donors (Lipinski definition) is 0. The highest BCUT2D eigenvalue weighted by Gasteiger charge is 2.13. The van der Waals surface area contributed by atoms with Gasteiger partial charge in [-0.25, -0.2) is 4.98 Å². The Bertz CT molecular complexity index is 715. The predicted octanol–water partition coefficient (Wildman–Crippen LogP) is 2.90. The average molecular weight is 342 g/mol. The van der Waals surface area contributed by atoms with Crippen LogP contribution in [0.4, 0.5) is 0 Å². The number of rotatable bonds is 9. The van der Waals surface area contributed by atoms with Crippen LogP contribution in [0, 0.1) is 0 Å². The van der Waals surface area contributed by atoms with Gasteiger partial charge in [0, 0.05) is 39.5 Å². The first kappa shape index (κ1) is 18.5. The van der Waals surface area contributed by atoms with E-state index in [0.717, 1.165) is 5.56 Å². The molecule has 0 spiro atoms. The van der Waals surface area contributed by atoms with E-state index in [1.807, 2.05) is 44.4 Å². The Morgan fingerprint density at radius 1 is 1.20 bits per heavy atom. The Morgan fingerprint density at radius 3 is 2.64 bits per heavy atom. The van der Waals surface area contributed by atoms with Crippen LogP contribution in [-0.4, -0.2) is 43.7 Å². The molecule has 0 unspecified atom stereocenters. The third-order valence-corrected chi connectivity index (χ3v) is 3.19. The molecule has 1 heterocycles. The van der Waals surface area contributed by atoms with Crippen molar-refractivity contribution in [2.24, 2.45) is 0 Å². The second-order valence-corrected chi connectivity index (χ2v) is 5.49. The summed E-state index contributed by atoms with van der Waals surface area (Å²) < 4.78 is 16.0. The Kier molecular flexibility index (Phi) is 6.98. The number of nitrogens with zero attached hydrogens (tertiary/aromatic N) is 2. The van der Waals surface area contributed by atoms with Crippen LogP contribution in [0.2, 0.25) is 0 Å². The van der Waals surface area contributed by atoms with E-state index >= 15 is 0 Å². The quantitative estimate of drug-likeness (QED) is 0.397. The highest BCUT2D eigenvalue weighted by atomic mass is 16.7. The molecule has 0 saturated heterocycles. The molecule has 0 N–H and O–H groups in total. The number of ether oxygens (including phenoxy) is 3. The summed E-state index contributed by atoms with van der Waals surface area (Å²) in [6.45, 7) is 0.400. The van der Waals surface area contributed by atoms with Crippen molar-refractivity contribution in [2.45, 2.75) is 6.61 Å². The van der Waals surface area contributed by atoms with Gasteiger partial charge in [0.05, 0.1) is 11.8 Å².